The lowest BCUT2D eigenvalue weighted by molar-refractivity contribution is 0.262. The molecule has 2 heterocycles. The molecule has 0 aliphatic heterocycles. The van der Waals surface area contributed by atoms with Crippen LogP contribution in [0.15, 0.2) is 54.6 Å². The molecule has 0 spiro atoms. The van der Waals surface area contributed by atoms with Crippen LogP contribution in [-0.4, -0.2) is 26.0 Å². The van der Waals surface area contributed by atoms with E-state index in [-0.39, 0.29) is 6.03 Å². The summed E-state index contributed by atoms with van der Waals surface area (Å²) in [7, 11) is 0. The number of nitrogens with one attached hydrogen (secondary N) is 3. The summed E-state index contributed by atoms with van der Waals surface area (Å²) in [6.07, 6.45) is 0. The Labute approximate surface area is 193 Å². The summed E-state index contributed by atoms with van der Waals surface area (Å²) in [6, 6.07) is 16.7. The molecule has 4 rings (SSSR count). The summed E-state index contributed by atoms with van der Waals surface area (Å²) in [6.45, 7) is 10.0. The lowest BCUT2D eigenvalue weighted by Gasteiger charge is -2.12. The Balaban J connectivity index is 1.38. The van der Waals surface area contributed by atoms with Gasteiger partial charge in [0.25, 0.3) is 0 Å². The molecule has 8 nitrogen and oxygen atoms in total. The fraction of sp³-hybridized carbons (Fsp3) is 0.200. The Morgan fingerprint density at radius 3 is 2.15 bits per heavy atom. The molecular weight excluding hydrogens is 414 g/mol. The number of anilines is 4. The van der Waals surface area contributed by atoms with Crippen LogP contribution in [0.2, 0.25) is 0 Å². The molecule has 2 aromatic heterocycles. The van der Waals surface area contributed by atoms with Crippen LogP contribution in [0.1, 0.15) is 28.1 Å². The molecule has 168 valence electrons. The van der Waals surface area contributed by atoms with Gasteiger partial charge in [-0.1, -0.05) is 12.1 Å². The minimum Gasteiger partial charge on any atom is -0.339 e. The molecule has 4 aromatic rings. The number of carbonyl (C=O) groups excluding carboxylic acids is 1. The molecule has 0 radical (unpaired) electrons. The summed E-state index contributed by atoms with van der Waals surface area (Å²) in [4.78, 5) is 12.4. The van der Waals surface area contributed by atoms with Gasteiger partial charge in [0.05, 0.1) is 5.69 Å². The second kappa shape index (κ2) is 9.12. The average Bonchev–Trinajstić information content (AvgIpc) is 3.06. The van der Waals surface area contributed by atoms with E-state index in [0.717, 1.165) is 39.5 Å². The van der Waals surface area contributed by atoms with Crippen LogP contribution >= 0.6 is 0 Å². The molecule has 0 aliphatic carbocycles. The standard InChI is InChI=1S/C25H27N7O/c1-15-7-6-8-22(16(15)2)28-25(33)27-21-11-9-20(10-12-21)26-23-13-14-24(30-29-23)32-19(5)17(3)18(4)31-32/h6-14H,1-5H3,(H,26,29)(H2,27,28,33). The Bertz CT molecular complexity index is 1290. The predicted octanol–water partition coefficient (Wildman–Crippen LogP) is 5.59. The summed E-state index contributed by atoms with van der Waals surface area (Å²) in [5.74, 6) is 1.29. The van der Waals surface area contributed by atoms with E-state index in [4.69, 9.17) is 0 Å². The topological polar surface area (TPSA) is 96.8 Å². The van der Waals surface area contributed by atoms with Gasteiger partial charge in [0.1, 0.15) is 0 Å². The highest BCUT2D eigenvalue weighted by Crippen LogP contribution is 2.21. The van der Waals surface area contributed by atoms with Crippen LogP contribution in [0.4, 0.5) is 27.7 Å². The van der Waals surface area contributed by atoms with Crippen molar-refractivity contribution in [2.24, 2.45) is 0 Å². The first kappa shape index (κ1) is 22.0. The van der Waals surface area contributed by atoms with Gasteiger partial charge in [-0.3, -0.25) is 0 Å². The quantitative estimate of drug-likeness (QED) is 0.375. The van der Waals surface area contributed by atoms with Gasteiger partial charge >= 0.3 is 6.03 Å². The zero-order valence-electron chi connectivity index (χ0n) is 19.4. The number of carbonyl (C=O) groups is 1. The zero-order valence-corrected chi connectivity index (χ0v) is 19.4. The van der Waals surface area contributed by atoms with Gasteiger partial charge in [0.15, 0.2) is 11.6 Å². The number of hydrogen-bond acceptors (Lipinski definition) is 5. The van der Waals surface area contributed by atoms with Gasteiger partial charge in [-0.15, -0.1) is 10.2 Å². The van der Waals surface area contributed by atoms with Crippen LogP contribution in [0.5, 0.6) is 0 Å². The maximum Gasteiger partial charge on any atom is 0.323 e. The van der Waals surface area contributed by atoms with Crippen molar-refractivity contribution in [2.75, 3.05) is 16.0 Å². The predicted molar refractivity (Wildman–Crippen MR) is 132 cm³/mol. The molecule has 0 atom stereocenters. The normalized spacial score (nSPS) is 10.7. The minimum absolute atomic E-state index is 0.287. The first-order valence-electron chi connectivity index (χ1n) is 10.7. The Morgan fingerprint density at radius 2 is 1.52 bits per heavy atom. The number of aryl methyl sites for hydroxylation is 2. The number of hydrogen-bond donors (Lipinski definition) is 3. The van der Waals surface area contributed by atoms with E-state index in [2.05, 4.69) is 31.2 Å². The highest BCUT2D eigenvalue weighted by molar-refractivity contribution is 6.00. The van der Waals surface area contributed by atoms with Crippen molar-refractivity contribution in [2.45, 2.75) is 34.6 Å². The van der Waals surface area contributed by atoms with Gasteiger partial charge in [-0.05, 0) is 93.8 Å². The van der Waals surface area contributed by atoms with Crippen molar-refractivity contribution in [3.8, 4) is 5.82 Å². The first-order valence-corrected chi connectivity index (χ1v) is 10.7. The van der Waals surface area contributed by atoms with Gasteiger partial charge in [0, 0.05) is 22.8 Å². The average molecular weight is 442 g/mol. The second-order valence-corrected chi connectivity index (χ2v) is 8.01. The molecule has 8 heteroatoms. The zero-order chi connectivity index (χ0) is 23.5. The van der Waals surface area contributed by atoms with Crippen LogP contribution in [-0.2, 0) is 0 Å². The highest BCUT2D eigenvalue weighted by atomic mass is 16.2. The van der Waals surface area contributed by atoms with Gasteiger partial charge in [-0.2, -0.15) is 5.10 Å². The molecule has 0 unspecified atom stereocenters. The molecule has 2 amide bonds. The SMILES string of the molecule is Cc1cccc(NC(=O)Nc2ccc(Nc3ccc(-n4nc(C)c(C)c4C)nn3)cc2)c1C. The third-order valence-corrected chi connectivity index (χ3v) is 5.79. The van der Waals surface area contributed by atoms with Crippen molar-refractivity contribution in [3.63, 3.8) is 0 Å². The van der Waals surface area contributed by atoms with Gasteiger partial charge in [-0.25, -0.2) is 9.48 Å². The third kappa shape index (κ3) is 4.85. The summed E-state index contributed by atoms with van der Waals surface area (Å²) in [5, 5.41) is 22.0. The van der Waals surface area contributed by atoms with Crippen molar-refractivity contribution in [1.29, 1.82) is 0 Å². The Hall–Kier alpha value is -4.20. The van der Waals surface area contributed by atoms with E-state index in [0.29, 0.717) is 17.3 Å². The maximum absolute atomic E-state index is 12.4. The monoisotopic (exact) mass is 441 g/mol. The third-order valence-electron chi connectivity index (χ3n) is 5.79. The van der Waals surface area contributed by atoms with Crippen molar-refractivity contribution >= 4 is 28.9 Å². The summed E-state index contributed by atoms with van der Waals surface area (Å²) in [5.41, 5.74) is 7.67. The minimum atomic E-state index is -0.287. The van der Waals surface area contributed by atoms with E-state index in [1.807, 2.05) is 89.2 Å². The molecule has 0 bridgehead atoms. The van der Waals surface area contributed by atoms with Crippen LogP contribution in [0.3, 0.4) is 0 Å². The number of nitrogens with zero attached hydrogens (tertiary/aromatic N) is 4. The van der Waals surface area contributed by atoms with E-state index in [1.165, 1.54) is 0 Å². The highest BCUT2D eigenvalue weighted by Gasteiger charge is 2.11. The molecular formula is C25H27N7O. The Morgan fingerprint density at radius 1 is 0.788 bits per heavy atom. The molecule has 2 aromatic carbocycles. The largest absolute Gasteiger partial charge is 0.339 e. The molecule has 0 saturated carbocycles. The second-order valence-electron chi connectivity index (χ2n) is 8.01. The van der Waals surface area contributed by atoms with Gasteiger partial charge < -0.3 is 16.0 Å². The molecule has 0 fully saturated rings. The Kier molecular flexibility index (Phi) is 6.08. The number of amides is 2. The fourth-order valence-electron chi connectivity index (χ4n) is 3.40. The smallest absolute Gasteiger partial charge is 0.323 e. The number of benzene rings is 2. The maximum atomic E-state index is 12.4. The lowest BCUT2D eigenvalue weighted by Crippen LogP contribution is -2.20. The molecule has 0 saturated heterocycles. The first-order chi connectivity index (χ1) is 15.8. The number of aromatic nitrogens is 4. The van der Waals surface area contributed by atoms with Crippen molar-refractivity contribution in [1.82, 2.24) is 20.0 Å². The van der Waals surface area contributed by atoms with Crippen molar-refractivity contribution < 1.29 is 4.79 Å². The van der Waals surface area contributed by atoms with Crippen LogP contribution in [0, 0.1) is 34.6 Å². The van der Waals surface area contributed by atoms with Crippen LogP contribution < -0.4 is 16.0 Å². The molecule has 3 N–H and O–H groups in total. The fourth-order valence-corrected chi connectivity index (χ4v) is 3.40. The van der Waals surface area contributed by atoms with Crippen molar-refractivity contribution in [3.05, 3.63) is 82.7 Å². The van der Waals surface area contributed by atoms with Gasteiger partial charge in [0.2, 0.25) is 0 Å². The molecule has 33 heavy (non-hydrogen) atoms. The van der Waals surface area contributed by atoms with E-state index < -0.39 is 0 Å². The number of rotatable bonds is 5. The lowest BCUT2D eigenvalue weighted by atomic mass is 10.1. The summed E-state index contributed by atoms with van der Waals surface area (Å²) >= 11 is 0. The number of urea groups is 1. The van der Waals surface area contributed by atoms with E-state index in [9.17, 15) is 4.79 Å². The van der Waals surface area contributed by atoms with E-state index in [1.54, 1.807) is 4.68 Å². The molecule has 0 aliphatic rings. The summed E-state index contributed by atoms with van der Waals surface area (Å²) < 4.78 is 1.80. The van der Waals surface area contributed by atoms with Crippen LogP contribution in [0.25, 0.3) is 5.82 Å². The van der Waals surface area contributed by atoms with E-state index >= 15 is 0 Å².